The van der Waals surface area contributed by atoms with E-state index in [9.17, 15) is 14.4 Å². The zero-order valence-electron chi connectivity index (χ0n) is 14.5. The highest BCUT2D eigenvalue weighted by atomic mass is 16.5. The van der Waals surface area contributed by atoms with Crippen LogP contribution in [0.3, 0.4) is 0 Å². The normalized spacial score (nSPS) is 12.9. The minimum absolute atomic E-state index is 0.171. The molecule has 6 nitrogen and oxygen atoms in total. The summed E-state index contributed by atoms with van der Waals surface area (Å²) in [6.45, 7) is 2.67. The largest absolute Gasteiger partial charge is 0.494 e. The molecule has 0 aromatic heterocycles. The van der Waals surface area contributed by atoms with Crippen molar-refractivity contribution in [3.8, 4) is 5.75 Å². The molecule has 2 aromatic rings. The predicted molar refractivity (Wildman–Crippen MR) is 97.3 cm³/mol. The summed E-state index contributed by atoms with van der Waals surface area (Å²) in [6, 6.07) is 13.9. The van der Waals surface area contributed by atoms with Crippen LogP contribution in [0.25, 0.3) is 0 Å². The fourth-order valence-corrected chi connectivity index (χ4v) is 2.89. The molecule has 0 spiro atoms. The second-order valence-electron chi connectivity index (χ2n) is 5.92. The molecule has 0 saturated heterocycles. The summed E-state index contributed by atoms with van der Waals surface area (Å²) in [7, 11) is 0. The van der Waals surface area contributed by atoms with Gasteiger partial charge in [-0.15, -0.1) is 0 Å². The molecule has 0 radical (unpaired) electrons. The van der Waals surface area contributed by atoms with Gasteiger partial charge in [-0.1, -0.05) is 18.2 Å². The number of amides is 3. The topological polar surface area (TPSA) is 75.7 Å². The molecule has 0 aliphatic carbocycles. The number of rotatable bonds is 7. The Morgan fingerprint density at radius 3 is 2.38 bits per heavy atom. The molecule has 26 heavy (non-hydrogen) atoms. The number of hydrogen-bond donors (Lipinski definition) is 1. The number of fused-ring (bicyclic) bond motifs is 1. The third kappa shape index (κ3) is 3.74. The second kappa shape index (κ2) is 7.82. The molecule has 3 rings (SSSR count). The van der Waals surface area contributed by atoms with Crippen LogP contribution in [0.2, 0.25) is 0 Å². The van der Waals surface area contributed by atoms with Gasteiger partial charge in [-0.2, -0.15) is 0 Å². The molecule has 0 fully saturated rings. The minimum atomic E-state index is -0.296. The van der Waals surface area contributed by atoms with Gasteiger partial charge in [-0.3, -0.25) is 19.3 Å². The van der Waals surface area contributed by atoms with Crippen LogP contribution < -0.4 is 10.1 Å². The first-order valence-electron chi connectivity index (χ1n) is 8.58. The third-order valence-electron chi connectivity index (χ3n) is 4.09. The zero-order valence-corrected chi connectivity index (χ0v) is 14.5. The summed E-state index contributed by atoms with van der Waals surface area (Å²) in [6.07, 6.45) is 0.620. The molecule has 2 aromatic carbocycles. The quantitative estimate of drug-likeness (QED) is 0.777. The van der Waals surface area contributed by atoms with Crippen LogP contribution in [0.15, 0.2) is 48.5 Å². The Bertz CT molecular complexity index is 812. The fraction of sp³-hybridized carbons (Fsp3) is 0.250. The highest BCUT2D eigenvalue weighted by Gasteiger charge is 2.34. The Labute approximate surface area is 151 Å². The Balaban J connectivity index is 1.51. The molecule has 6 heteroatoms. The molecule has 1 aliphatic rings. The lowest BCUT2D eigenvalue weighted by Crippen LogP contribution is -2.31. The number of benzene rings is 2. The highest BCUT2D eigenvalue weighted by Crippen LogP contribution is 2.23. The van der Waals surface area contributed by atoms with Gasteiger partial charge in [0, 0.05) is 24.7 Å². The summed E-state index contributed by atoms with van der Waals surface area (Å²) in [4.78, 5) is 37.8. The van der Waals surface area contributed by atoms with E-state index in [-0.39, 0.29) is 30.7 Å². The first-order chi connectivity index (χ1) is 12.6. The van der Waals surface area contributed by atoms with Crippen LogP contribution >= 0.6 is 0 Å². The minimum Gasteiger partial charge on any atom is -0.494 e. The molecule has 0 atom stereocenters. The lowest BCUT2D eigenvalue weighted by Gasteiger charge is -2.13. The Kier molecular flexibility index (Phi) is 5.31. The van der Waals surface area contributed by atoms with Gasteiger partial charge < -0.3 is 10.1 Å². The van der Waals surface area contributed by atoms with Gasteiger partial charge in [0.05, 0.1) is 17.7 Å². The van der Waals surface area contributed by atoms with Crippen molar-refractivity contribution in [2.45, 2.75) is 19.8 Å². The van der Waals surface area contributed by atoms with Crippen molar-refractivity contribution >= 4 is 23.4 Å². The van der Waals surface area contributed by atoms with E-state index in [4.69, 9.17) is 4.74 Å². The van der Waals surface area contributed by atoms with E-state index < -0.39 is 0 Å². The van der Waals surface area contributed by atoms with E-state index >= 15 is 0 Å². The molecule has 0 saturated carbocycles. The summed E-state index contributed by atoms with van der Waals surface area (Å²) in [5.74, 6) is -0.0718. The monoisotopic (exact) mass is 352 g/mol. The average Bonchev–Trinajstić information content (AvgIpc) is 2.87. The first kappa shape index (κ1) is 17.7. The lowest BCUT2D eigenvalue weighted by atomic mass is 10.1. The Morgan fingerprint density at radius 1 is 1.04 bits per heavy atom. The van der Waals surface area contributed by atoms with E-state index in [2.05, 4.69) is 5.32 Å². The molecule has 134 valence electrons. The lowest BCUT2D eigenvalue weighted by molar-refractivity contribution is -0.116. The smallest absolute Gasteiger partial charge is 0.261 e. The van der Waals surface area contributed by atoms with E-state index in [1.54, 1.807) is 42.5 Å². The number of nitrogens with one attached hydrogen (secondary N) is 1. The summed E-state index contributed by atoms with van der Waals surface area (Å²) in [5, 5.41) is 2.80. The first-order valence-corrected chi connectivity index (χ1v) is 8.58. The Hall–Kier alpha value is -3.15. The maximum Gasteiger partial charge on any atom is 0.261 e. The maximum atomic E-state index is 12.3. The van der Waals surface area contributed by atoms with Gasteiger partial charge in [0.15, 0.2) is 0 Å². The van der Waals surface area contributed by atoms with E-state index in [1.807, 2.05) is 13.0 Å². The predicted octanol–water partition coefficient (Wildman–Crippen LogP) is 3.10. The van der Waals surface area contributed by atoms with Gasteiger partial charge in [0.25, 0.3) is 11.8 Å². The standard InChI is InChI=1S/C20H20N2O4/c1-2-26-15-8-5-7-14(13-15)21-18(23)11-6-12-22-19(24)16-9-3-4-10-17(16)20(22)25/h3-5,7-10,13H,2,6,11-12H2,1H3,(H,21,23). The molecule has 0 bridgehead atoms. The van der Waals surface area contributed by atoms with E-state index in [0.717, 1.165) is 0 Å². The molecule has 1 aliphatic heterocycles. The molecule has 3 amide bonds. The van der Waals surface area contributed by atoms with Crippen molar-refractivity contribution in [1.82, 2.24) is 4.90 Å². The molecule has 1 N–H and O–H groups in total. The van der Waals surface area contributed by atoms with Crippen LogP contribution in [0.5, 0.6) is 5.75 Å². The number of hydrogen-bond acceptors (Lipinski definition) is 4. The number of imide groups is 1. The number of carbonyl (C=O) groups excluding carboxylic acids is 3. The van der Waals surface area contributed by atoms with Crippen LogP contribution in [0, 0.1) is 0 Å². The van der Waals surface area contributed by atoms with Crippen LogP contribution in [0.1, 0.15) is 40.5 Å². The van der Waals surface area contributed by atoms with Crippen LogP contribution in [-0.4, -0.2) is 35.8 Å². The zero-order chi connectivity index (χ0) is 18.5. The summed E-state index contributed by atoms with van der Waals surface area (Å²) in [5.41, 5.74) is 1.51. The number of nitrogens with zero attached hydrogens (tertiary/aromatic N) is 1. The van der Waals surface area contributed by atoms with Gasteiger partial charge in [0.2, 0.25) is 5.91 Å². The Morgan fingerprint density at radius 2 is 1.73 bits per heavy atom. The SMILES string of the molecule is CCOc1cccc(NC(=O)CCCN2C(=O)c3ccccc3C2=O)c1. The fourth-order valence-electron chi connectivity index (χ4n) is 2.89. The van der Waals surface area contributed by atoms with Crippen molar-refractivity contribution in [1.29, 1.82) is 0 Å². The van der Waals surface area contributed by atoms with Crippen LogP contribution in [0.4, 0.5) is 5.69 Å². The van der Waals surface area contributed by atoms with E-state index in [0.29, 0.717) is 35.6 Å². The molecule has 0 unspecified atom stereocenters. The van der Waals surface area contributed by atoms with Gasteiger partial charge in [0.1, 0.15) is 5.75 Å². The van der Waals surface area contributed by atoms with E-state index in [1.165, 1.54) is 4.90 Å². The number of anilines is 1. The van der Waals surface area contributed by atoms with Crippen molar-refractivity contribution in [2.75, 3.05) is 18.5 Å². The maximum absolute atomic E-state index is 12.3. The van der Waals surface area contributed by atoms with Crippen molar-refractivity contribution in [2.24, 2.45) is 0 Å². The molecule has 1 heterocycles. The van der Waals surface area contributed by atoms with Gasteiger partial charge in [-0.05, 0) is 37.6 Å². The van der Waals surface area contributed by atoms with Crippen molar-refractivity contribution < 1.29 is 19.1 Å². The second-order valence-corrected chi connectivity index (χ2v) is 5.92. The third-order valence-corrected chi connectivity index (χ3v) is 4.09. The molecular weight excluding hydrogens is 332 g/mol. The summed E-state index contributed by atoms with van der Waals surface area (Å²) >= 11 is 0. The number of ether oxygens (including phenoxy) is 1. The molecular formula is C20H20N2O4. The van der Waals surface area contributed by atoms with Gasteiger partial charge in [-0.25, -0.2) is 0 Å². The van der Waals surface area contributed by atoms with Crippen molar-refractivity contribution in [3.05, 3.63) is 59.7 Å². The highest BCUT2D eigenvalue weighted by molar-refractivity contribution is 6.21. The average molecular weight is 352 g/mol. The summed E-state index contributed by atoms with van der Waals surface area (Å²) < 4.78 is 5.40. The van der Waals surface area contributed by atoms with Crippen LogP contribution in [-0.2, 0) is 4.79 Å². The van der Waals surface area contributed by atoms with Crippen molar-refractivity contribution in [3.63, 3.8) is 0 Å². The van der Waals surface area contributed by atoms with Gasteiger partial charge >= 0.3 is 0 Å². The number of carbonyl (C=O) groups is 3.